The maximum atomic E-state index is 12.6. The summed E-state index contributed by atoms with van der Waals surface area (Å²) in [6.45, 7) is 2.26. The molecule has 1 amide bonds. The highest BCUT2D eigenvalue weighted by molar-refractivity contribution is 7.17. The first-order valence-corrected chi connectivity index (χ1v) is 9.08. The van der Waals surface area contributed by atoms with E-state index in [4.69, 9.17) is 4.74 Å². The fraction of sp³-hybridized carbons (Fsp3) is 0.200. The molecule has 6 heteroatoms. The van der Waals surface area contributed by atoms with Crippen molar-refractivity contribution < 1.29 is 9.53 Å². The Morgan fingerprint density at radius 2 is 1.85 bits per heavy atom. The van der Waals surface area contributed by atoms with Gasteiger partial charge in [0, 0.05) is 24.8 Å². The molecule has 0 spiro atoms. The molecule has 0 bridgehead atoms. The van der Waals surface area contributed by atoms with Crippen LogP contribution in [0.5, 0.6) is 5.75 Å². The first-order chi connectivity index (χ1) is 12.6. The van der Waals surface area contributed by atoms with Gasteiger partial charge in [-0.05, 0) is 25.1 Å². The normalized spacial score (nSPS) is 10.4. The molecular weight excluding hydrogens is 346 g/mol. The van der Waals surface area contributed by atoms with Crippen LogP contribution in [0.3, 0.4) is 0 Å². The van der Waals surface area contributed by atoms with Crippen LogP contribution in [0.2, 0.25) is 0 Å². The van der Waals surface area contributed by atoms with Crippen LogP contribution in [0.1, 0.15) is 20.9 Å². The van der Waals surface area contributed by atoms with Gasteiger partial charge in [0.25, 0.3) is 5.91 Å². The zero-order valence-electron chi connectivity index (χ0n) is 15.0. The lowest BCUT2D eigenvalue weighted by molar-refractivity contribution is 0.0954. The van der Waals surface area contributed by atoms with Crippen LogP contribution < -0.4 is 15.0 Å². The highest BCUT2D eigenvalue weighted by Gasteiger charge is 2.18. The van der Waals surface area contributed by atoms with E-state index in [1.807, 2.05) is 73.5 Å². The second kappa shape index (κ2) is 8.01. The third-order valence-electron chi connectivity index (χ3n) is 4.05. The monoisotopic (exact) mass is 367 g/mol. The second-order valence-corrected chi connectivity index (χ2v) is 6.78. The predicted octanol–water partition coefficient (Wildman–Crippen LogP) is 4.16. The van der Waals surface area contributed by atoms with E-state index in [0.29, 0.717) is 11.4 Å². The highest BCUT2D eigenvalue weighted by atomic mass is 32.1. The molecule has 0 saturated carbocycles. The number of methoxy groups -OCH3 is 1. The van der Waals surface area contributed by atoms with Crippen molar-refractivity contribution in [3.8, 4) is 5.75 Å². The molecule has 0 fully saturated rings. The van der Waals surface area contributed by atoms with E-state index in [-0.39, 0.29) is 5.91 Å². The van der Waals surface area contributed by atoms with E-state index in [1.54, 1.807) is 7.11 Å². The van der Waals surface area contributed by atoms with Gasteiger partial charge in [0.2, 0.25) is 0 Å². The van der Waals surface area contributed by atoms with Gasteiger partial charge in [-0.25, -0.2) is 4.98 Å². The number of amides is 1. The molecule has 0 aliphatic rings. The summed E-state index contributed by atoms with van der Waals surface area (Å²) in [4.78, 5) is 19.8. The Labute approximate surface area is 157 Å². The summed E-state index contributed by atoms with van der Waals surface area (Å²) >= 11 is 1.39. The van der Waals surface area contributed by atoms with Crippen molar-refractivity contribution in [2.45, 2.75) is 13.5 Å². The number of nitrogens with zero attached hydrogens (tertiary/aromatic N) is 2. The van der Waals surface area contributed by atoms with Crippen LogP contribution >= 0.6 is 11.3 Å². The molecular formula is C20H21N3O2S. The van der Waals surface area contributed by atoms with Crippen molar-refractivity contribution in [3.05, 3.63) is 70.7 Å². The average molecular weight is 367 g/mol. The Morgan fingerprint density at radius 1 is 1.15 bits per heavy atom. The SMILES string of the molecule is COc1ccccc1CNC(=O)c1sc(N(C)c2ccccc2)nc1C. The highest BCUT2D eigenvalue weighted by Crippen LogP contribution is 2.30. The first-order valence-electron chi connectivity index (χ1n) is 8.26. The Bertz CT molecular complexity index is 893. The van der Waals surface area contributed by atoms with Crippen LogP contribution in [0.25, 0.3) is 0 Å². The number of carbonyl (C=O) groups excluding carboxylic acids is 1. The Hall–Kier alpha value is -2.86. The number of hydrogen-bond acceptors (Lipinski definition) is 5. The first kappa shape index (κ1) is 17.9. The van der Waals surface area contributed by atoms with Gasteiger partial charge in [0.05, 0.1) is 12.8 Å². The zero-order valence-corrected chi connectivity index (χ0v) is 15.8. The summed E-state index contributed by atoms with van der Waals surface area (Å²) in [5, 5.41) is 3.74. The molecule has 134 valence electrons. The van der Waals surface area contributed by atoms with Gasteiger partial charge in [-0.3, -0.25) is 4.79 Å². The van der Waals surface area contributed by atoms with Gasteiger partial charge in [-0.2, -0.15) is 0 Å². The minimum Gasteiger partial charge on any atom is -0.496 e. The molecule has 0 saturated heterocycles. The molecule has 5 nitrogen and oxygen atoms in total. The average Bonchev–Trinajstić information content (AvgIpc) is 3.08. The number of aryl methyl sites for hydroxylation is 1. The largest absolute Gasteiger partial charge is 0.496 e. The van der Waals surface area contributed by atoms with Crippen molar-refractivity contribution in [2.75, 3.05) is 19.1 Å². The molecule has 3 rings (SSSR count). The third-order valence-corrected chi connectivity index (χ3v) is 5.29. The molecule has 26 heavy (non-hydrogen) atoms. The lowest BCUT2D eigenvalue weighted by atomic mass is 10.2. The smallest absolute Gasteiger partial charge is 0.263 e. The number of para-hydroxylation sites is 2. The summed E-state index contributed by atoms with van der Waals surface area (Å²) in [5.41, 5.74) is 2.69. The molecule has 0 atom stereocenters. The Morgan fingerprint density at radius 3 is 2.58 bits per heavy atom. The van der Waals surface area contributed by atoms with Crippen molar-refractivity contribution in [1.82, 2.24) is 10.3 Å². The third kappa shape index (κ3) is 3.86. The second-order valence-electron chi connectivity index (χ2n) is 5.80. The minimum absolute atomic E-state index is 0.126. The van der Waals surface area contributed by atoms with Gasteiger partial charge < -0.3 is 15.0 Å². The molecule has 2 aromatic carbocycles. The number of thiazole rings is 1. The van der Waals surface area contributed by atoms with Crippen molar-refractivity contribution >= 4 is 28.1 Å². The Kier molecular flexibility index (Phi) is 5.53. The lowest BCUT2D eigenvalue weighted by Gasteiger charge is -2.15. The van der Waals surface area contributed by atoms with Crippen LogP contribution in [-0.4, -0.2) is 25.0 Å². The van der Waals surface area contributed by atoms with Gasteiger partial charge in [-0.15, -0.1) is 0 Å². The van der Waals surface area contributed by atoms with E-state index in [0.717, 1.165) is 27.8 Å². The summed E-state index contributed by atoms with van der Waals surface area (Å²) in [6.07, 6.45) is 0. The van der Waals surface area contributed by atoms with E-state index in [1.165, 1.54) is 11.3 Å². The molecule has 1 N–H and O–H groups in total. The topological polar surface area (TPSA) is 54.5 Å². The Balaban J connectivity index is 1.73. The molecule has 0 unspecified atom stereocenters. The van der Waals surface area contributed by atoms with E-state index >= 15 is 0 Å². The predicted molar refractivity (Wildman–Crippen MR) is 106 cm³/mol. The molecule has 0 aliphatic heterocycles. The number of carbonyl (C=O) groups is 1. The summed E-state index contributed by atoms with van der Waals surface area (Å²) in [7, 11) is 3.57. The molecule has 0 aliphatic carbocycles. The number of rotatable bonds is 6. The quantitative estimate of drug-likeness (QED) is 0.711. The van der Waals surface area contributed by atoms with Gasteiger partial charge in [0.1, 0.15) is 10.6 Å². The molecule has 1 heterocycles. The van der Waals surface area contributed by atoms with Crippen LogP contribution in [0.4, 0.5) is 10.8 Å². The van der Waals surface area contributed by atoms with Crippen molar-refractivity contribution in [3.63, 3.8) is 0 Å². The molecule has 0 radical (unpaired) electrons. The van der Waals surface area contributed by atoms with Crippen LogP contribution in [0, 0.1) is 6.92 Å². The summed E-state index contributed by atoms with van der Waals surface area (Å²) in [5.74, 6) is 0.636. The lowest BCUT2D eigenvalue weighted by Crippen LogP contribution is -2.22. The number of aromatic nitrogens is 1. The maximum Gasteiger partial charge on any atom is 0.263 e. The van der Waals surface area contributed by atoms with Gasteiger partial charge in [-0.1, -0.05) is 47.7 Å². The fourth-order valence-electron chi connectivity index (χ4n) is 2.60. The standard InChI is InChI=1S/C20H21N3O2S/c1-14-18(19(24)21-13-15-9-7-8-12-17(15)25-3)26-20(22-14)23(2)16-10-5-4-6-11-16/h4-12H,13H2,1-3H3,(H,21,24). The van der Waals surface area contributed by atoms with E-state index < -0.39 is 0 Å². The number of anilines is 2. The summed E-state index contributed by atoms with van der Waals surface area (Å²) < 4.78 is 5.32. The van der Waals surface area contributed by atoms with Gasteiger partial charge in [0.15, 0.2) is 5.13 Å². The maximum absolute atomic E-state index is 12.6. The van der Waals surface area contributed by atoms with Crippen LogP contribution in [0.15, 0.2) is 54.6 Å². The fourth-order valence-corrected chi connectivity index (χ4v) is 3.57. The van der Waals surface area contributed by atoms with Crippen molar-refractivity contribution in [1.29, 1.82) is 0 Å². The molecule has 1 aromatic heterocycles. The number of hydrogen-bond donors (Lipinski definition) is 1. The number of ether oxygens (including phenoxy) is 1. The van der Waals surface area contributed by atoms with Crippen LogP contribution in [-0.2, 0) is 6.54 Å². The summed E-state index contributed by atoms with van der Waals surface area (Å²) in [6, 6.07) is 17.6. The molecule has 3 aromatic rings. The van der Waals surface area contributed by atoms with E-state index in [9.17, 15) is 4.79 Å². The minimum atomic E-state index is -0.126. The van der Waals surface area contributed by atoms with Crippen molar-refractivity contribution in [2.24, 2.45) is 0 Å². The zero-order chi connectivity index (χ0) is 18.5. The number of benzene rings is 2. The number of nitrogens with one attached hydrogen (secondary N) is 1. The van der Waals surface area contributed by atoms with Gasteiger partial charge >= 0.3 is 0 Å². The van der Waals surface area contributed by atoms with E-state index in [2.05, 4.69) is 10.3 Å².